The SMILES string of the molecule is C1=CC2c3ccc(-c4ccccc4)cc3N(c3ccccc3-c3ccc4c5ccccc5c5ccc(-c6ccccc6)cc5c4c3)C2C=C1. The maximum atomic E-state index is 2.58. The summed E-state index contributed by atoms with van der Waals surface area (Å²) >= 11 is 0. The minimum Gasteiger partial charge on any atom is -0.333 e. The van der Waals surface area contributed by atoms with Crippen molar-refractivity contribution in [2.24, 2.45) is 0 Å². The Bertz CT molecular complexity index is 2610. The Morgan fingerprint density at radius 1 is 0.347 bits per heavy atom. The summed E-state index contributed by atoms with van der Waals surface area (Å²) in [6, 6.07) is 60.6. The molecular weight excluding hydrogens is 591 g/mol. The molecule has 1 heteroatoms. The molecule has 0 amide bonds. The highest BCUT2D eigenvalue weighted by Gasteiger charge is 2.38. The quantitative estimate of drug-likeness (QED) is 0.176. The molecule has 8 aromatic rings. The monoisotopic (exact) mass is 623 g/mol. The number of rotatable bonds is 4. The van der Waals surface area contributed by atoms with Gasteiger partial charge in [-0.1, -0.05) is 164 Å². The maximum Gasteiger partial charge on any atom is 0.0629 e. The van der Waals surface area contributed by atoms with Crippen LogP contribution in [0.25, 0.3) is 65.7 Å². The molecule has 0 bridgehead atoms. The Balaban J connectivity index is 1.19. The van der Waals surface area contributed by atoms with Gasteiger partial charge in [-0.25, -0.2) is 0 Å². The van der Waals surface area contributed by atoms with E-state index in [1.165, 1.54) is 82.6 Å². The van der Waals surface area contributed by atoms with Gasteiger partial charge < -0.3 is 4.90 Å². The van der Waals surface area contributed by atoms with Crippen molar-refractivity contribution >= 4 is 43.7 Å². The van der Waals surface area contributed by atoms with Crippen LogP contribution in [-0.2, 0) is 0 Å². The third-order valence-corrected chi connectivity index (χ3v) is 10.6. The first-order valence-electron chi connectivity index (χ1n) is 17.2. The minimum atomic E-state index is 0.214. The fraction of sp³-hybridized carbons (Fsp3) is 0.0417. The first kappa shape index (κ1) is 27.9. The fourth-order valence-corrected chi connectivity index (χ4v) is 8.29. The molecule has 230 valence electrons. The van der Waals surface area contributed by atoms with Gasteiger partial charge in [0, 0.05) is 22.9 Å². The lowest BCUT2D eigenvalue weighted by Gasteiger charge is -2.30. The number of hydrogen-bond acceptors (Lipinski definition) is 1. The van der Waals surface area contributed by atoms with E-state index in [1.807, 2.05) is 0 Å². The van der Waals surface area contributed by atoms with Gasteiger partial charge in [0.25, 0.3) is 0 Å². The van der Waals surface area contributed by atoms with Gasteiger partial charge in [-0.3, -0.25) is 0 Å². The molecule has 1 aliphatic carbocycles. The summed E-state index contributed by atoms with van der Waals surface area (Å²) < 4.78 is 0. The number of hydrogen-bond donors (Lipinski definition) is 0. The van der Waals surface area contributed by atoms with E-state index in [1.54, 1.807) is 0 Å². The zero-order valence-corrected chi connectivity index (χ0v) is 27.0. The first-order valence-corrected chi connectivity index (χ1v) is 17.2. The Kier molecular flexibility index (Phi) is 6.38. The Hall–Kier alpha value is -6.18. The van der Waals surface area contributed by atoms with Gasteiger partial charge in [-0.2, -0.15) is 0 Å². The average molecular weight is 624 g/mol. The number of benzene rings is 8. The van der Waals surface area contributed by atoms with Crippen molar-refractivity contribution in [3.63, 3.8) is 0 Å². The van der Waals surface area contributed by atoms with Gasteiger partial charge in [0.2, 0.25) is 0 Å². The van der Waals surface area contributed by atoms with Crippen LogP contribution >= 0.6 is 0 Å². The predicted octanol–water partition coefficient (Wildman–Crippen LogP) is 12.9. The van der Waals surface area contributed by atoms with Gasteiger partial charge in [0.1, 0.15) is 0 Å². The number of anilines is 2. The highest BCUT2D eigenvalue weighted by atomic mass is 15.2. The van der Waals surface area contributed by atoms with Crippen molar-refractivity contribution in [1.82, 2.24) is 0 Å². The Labute approximate surface area is 286 Å². The van der Waals surface area contributed by atoms with Crippen molar-refractivity contribution in [3.8, 4) is 33.4 Å². The zero-order valence-electron chi connectivity index (χ0n) is 27.0. The highest BCUT2D eigenvalue weighted by Crippen LogP contribution is 2.51. The molecule has 2 aliphatic rings. The molecule has 0 saturated carbocycles. The van der Waals surface area contributed by atoms with Crippen molar-refractivity contribution in [3.05, 3.63) is 194 Å². The molecule has 8 aromatic carbocycles. The Morgan fingerprint density at radius 3 is 1.59 bits per heavy atom. The van der Waals surface area contributed by atoms with E-state index in [0.29, 0.717) is 5.92 Å². The van der Waals surface area contributed by atoms with Crippen LogP contribution in [-0.4, -0.2) is 6.04 Å². The zero-order chi connectivity index (χ0) is 32.3. The van der Waals surface area contributed by atoms with Crippen LogP contribution in [0.15, 0.2) is 188 Å². The van der Waals surface area contributed by atoms with E-state index < -0.39 is 0 Å². The third-order valence-electron chi connectivity index (χ3n) is 10.6. The molecule has 10 rings (SSSR count). The van der Waals surface area contributed by atoms with Crippen LogP contribution in [0.4, 0.5) is 11.4 Å². The van der Waals surface area contributed by atoms with Gasteiger partial charge in [0.05, 0.1) is 6.04 Å². The normalized spacial score (nSPS) is 16.4. The van der Waals surface area contributed by atoms with Gasteiger partial charge in [-0.15, -0.1) is 0 Å². The average Bonchev–Trinajstić information content (AvgIpc) is 3.52. The van der Waals surface area contributed by atoms with Crippen LogP contribution in [0.3, 0.4) is 0 Å². The lowest BCUT2D eigenvalue weighted by atomic mass is 9.89. The standard InChI is InChI=1S/C48H33N/c1-3-13-32(14-4-1)34-23-26-40-38-18-7-8-19-39(38)41-27-25-36(30-45(41)44(40)29-34)37-17-9-11-21-46(37)49-47-22-12-10-20-42(47)43-28-24-35(31-48(43)49)33-15-5-2-6-16-33/h1-31,42,47H. The van der Waals surface area contributed by atoms with Crippen LogP contribution in [0.5, 0.6) is 0 Å². The summed E-state index contributed by atoms with van der Waals surface area (Å²) in [6.45, 7) is 0. The van der Waals surface area contributed by atoms with Crippen LogP contribution in [0.1, 0.15) is 11.5 Å². The summed E-state index contributed by atoms with van der Waals surface area (Å²) in [7, 11) is 0. The molecule has 2 unspecified atom stereocenters. The van der Waals surface area contributed by atoms with Gasteiger partial charge >= 0.3 is 0 Å². The van der Waals surface area contributed by atoms with Crippen molar-refractivity contribution in [2.45, 2.75) is 12.0 Å². The lowest BCUT2D eigenvalue weighted by Crippen LogP contribution is -2.28. The molecule has 1 aliphatic heterocycles. The smallest absolute Gasteiger partial charge is 0.0629 e. The summed E-state index contributed by atoms with van der Waals surface area (Å²) in [5.74, 6) is 0.307. The van der Waals surface area contributed by atoms with Gasteiger partial charge in [0.15, 0.2) is 0 Å². The van der Waals surface area contributed by atoms with E-state index in [2.05, 4.69) is 193 Å². The predicted molar refractivity (Wildman–Crippen MR) is 209 cm³/mol. The summed E-state index contributed by atoms with van der Waals surface area (Å²) in [5.41, 5.74) is 11.3. The molecule has 0 spiro atoms. The second kappa shape index (κ2) is 11.2. The molecule has 1 nitrogen and oxygen atoms in total. The number of fused-ring (bicyclic) bond motifs is 9. The Morgan fingerprint density at radius 2 is 0.878 bits per heavy atom. The number of allylic oxidation sites excluding steroid dienone is 2. The minimum absolute atomic E-state index is 0.214. The van der Waals surface area contributed by atoms with Crippen LogP contribution in [0, 0.1) is 0 Å². The highest BCUT2D eigenvalue weighted by molar-refractivity contribution is 6.26. The summed E-state index contributed by atoms with van der Waals surface area (Å²) in [6.07, 6.45) is 9.15. The molecule has 0 saturated heterocycles. The van der Waals surface area contributed by atoms with E-state index in [9.17, 15) is 0 Å². The van der Waals surface area contributed by atoms with Crippen LogP contribution in [0.2, 0.25) is 0 Å². The van der Waals surface area contributed by atoms with Crippen molar-refractivity contribution in [2.75, 3.05) is 4.90 Å². The fourth-order valence-electron chi connectivity index (χ4n) is 8.29. The molecule has 0 aromatic heterocycles. The maximum absolute atomic E-state index is 2.58. The van der Waals surface area contributed by atoms with Gasteiger partial charge in [-0.05, 0) is 90.0 Å². The topological polar surface area (TPSA) is 3.24 Å². The molecule has 0 N–H and O–H groups in total. The third kappa shape index (κ3) is 4.47. The van der Waals surface area contributed by atoms with Crippen molar-refractivity contribution in [1.29, 1.82) is 0 Å². The van der Waals surface area contributed by atoms with Crippen molar-refractivity contribution < 1.29 is 0 Å². The second-order valence-corrected chi connectivity index (χ2v) is 13.2. The number of para-hydroxylation sites is 1. The summed E-state index contributed by atoms with van der Waals surface area (Å²) in [4.78, 5) is 2.58. The van der Waals surface area contributed by atoms with E-state index in [-0.39, 0.29) is 6.04 Å². The summed E-state index contributed by atoms with van der Waals surface area (Å²) in [5, 5.41) is 7.73. The molecule has 0 radical (unpaired) electrons. The number of nitrogens with zero attached hydrogens (tertiary/aromatic N) is 1. The molecule has 0 fully saturated rings. The van der Waals surface area contributed by atoms with Crippen LogP contribution < -0.4 is 4.90 Å². The molecule has 2 atom stereocenters. The first-order chi connectivity index (χ1) is 24.3. The molecule has 1 heterocycles. The van der Waals surface area contributed by atoms with E-state index >= 15 is 0 Å². The van der Waals surface area contributed by atoms with E-state index in [0.717, 1.165) is 0 Å². The molecular formula is C48H33N. The second-order valence-electron chi connectivity index (χ2n) is 13.2. The molecule has 49 heavy (non-hydrogen) atoms. The largest absolute Gasteiger partial charge is 0.333 e. The lowest BCUT2D eigenvalue weighted by molar-refractivity contribution is 0.745. The van der Waals surface area contributed by atoms with E-state index in [4.69, 9.17) is 0 Å².